The number of rotatable bonds is 15. The smallest absolute Gasteiger partial charge is 0.134 e. The summed E-state index contributed by atoms with van der Waals surface area (Å²) in [5.74, 6) is 0. The Bertz CT molecular complexity index is 1120. The van der Waals surface area contributed by atoms with Crippen LogP contribution in [0.3, 0.4) is 0 Å². The van der Waals surface area contributed by atoms with Crippen LogP contribution < -0.4 is 10.6 Å². The highest BCUT2D eigenvalue weighted by atomic mass is 16.3. The van der Waals surface area contributed by atoms with Crippen LogP contribution in [-0.4, -0.2) is 19.6 Å². The van der Waals surface area contributed by atoms with Gasteiger partial charge in [-0.1, -0.05) is 64.1 Å². The fourth-order valence-corrected chi connectivity index (χ4v) is 3.68. The van der Waals surface area contributed by atoms with Gasteiger partial charge in [-0.2, -0.15) is 14.7 Å². The van der Waals surface area contributed by atoms with Crippen LogP contribution in [0.4, 0.5) is 11.4 Å². The van der Waals surface area contributed by atoms with Crippen LogP contribution in [0.15, 0.2) is 93.5 Å². The molecule has 0 amide bonds. The lowest BCUT2D eigenvalue weighted by Crippen LogP contribution is -2.23. The first-order chi connectivity index (χ1) is 17.2. The molecule has 10 heteroatoms. The minimum atomic E-state index is -0.670. The monoisotopic (exact) mass is 474 g/mol. The predicted molar refractivity (Wildman–Crippen MR) is 136 cm³/mol. The Morgan fingerprint density at radius 3 is 2.11 bits per heavy atom. The number of nitrogens with zero attached hydrogens (tertiary/aromatic N) is 4. The van der Waals surface area contributed by atoms with Gasteiger partial charge in [0.15, 0.2) is 0 Å². The number of nitroso groups, excluding NO2 is 4. The third-order valence-electron chi connectivity index (χ3n) is 5.64. The number of anilines is 1. The molecule has 0 aliphatic heterocycles. The van der Waals surface area contributed by atoms with Gasteiger partial charge in [0.1, 0.15) is 24.3 Å². The summed E-state index contributed by atoms with van der Waals surface area (Å²) in [5.41, 5.74) is 3.95. The maximum Gasteiger partial charge on any atom is 0.134 e. The van der Waals surface area contributed by atoms with E-state index in [0.717, 1.165) is 23.2 Å². The Morgan fingerprint density at radius 2 is 1.46 bits per heavy atom. The predicted octanol–water partition coefficient (Wildman–Crippen LogP) is 5.91. The summed E-state index contributed by atoms with van der Waals surface area (Å²) >= 11 is 0. The number of hydrogen-bond acceptors (Lipinski definition) is 10. The lowest BCUT2D eigenvalue weighted by molar-refractivity contribution is 0.597. The molecule has 0 aliphatic carbocycles. The molecule has 0 saturated carbocycles. The molecular weight excluding hydrogens is 448 g/mol. The van der Waals surface area contributed by atoms with E-state index in [9.17, 15) is 19.6 Å². The third kappa shape index (κ3) is 7.41. The van der Waals surface area contributed by atoms with Crippen LogP contribution in [-0.2, 0) is 13.0 Å². The lowest BCUT2D eigenvalue weighted by Gasteiger charge is -2.13. The molecule has 180 valence electrons. The van der Waals surface area contributed by atoms with Crippen molar-refractivity contribution in [3.8, 4) is 0 Å². The summed E-state index contributed by atoms with van der Waals surface area (Å²) in [5, 5.41) is 18.5. The molecule has 0 aromatic heterocycles. The molecule has 2 atom stereocenters. The average Bonchev–Trinajstić information content (AvgIpc) is 2.90. The molecule has 0 saturated heterocycles. The summed E-state index contributed by atoms with van der Waals surface area (Å²) in [4.78, 5) is 44.0. The standard InChI is InChI=1S/C25H26N6O4/c32-28-15-21-14-20(8-11-23(21)29-33)24(30-34)16-26-13-12-18-6-9-22(10-7-18)27-17-25(31-35)19-4-2-1-3-5-19/h1-11,14,24-27H,12-13,15-17H2/t24?,25-/m0/s1. The normalized spacial score (nSPS) is 12.3. The van der Waals surface area contributed by atoms with Gasteiger partial charge in [-0.25, -0.2) is 0 Å². The maximum absolute atomic E-state index is 11.4. The Kier molecular flexibility index (Phi) is 9.82. The van der Waals surface area contributed by atoms with Crippen LogP contribution in [0.1, 0.15) is 34.3 Å². The van der Waals surface area contributed by atoms with Gasteiger partial charge in [0, 0.05) is 24.3 Å². The molecule has 0 heterocycles. The van der Waals surface area contributed by atoms with Crippen molar-refractivity contribution in [2.45, 2.75) is 25.0 Å². The van der Waals surface area contributed by atoms with Crippen LogP contribution in [0.2, 0.25) is 0 Å². The Labute approximate surface area is 202 Å². The highest BCUT2D eigenvalue weighted by Crippen LogP contribution is 2.26. The second-order valence-electron chi connectivity index (χ2n) is 7.95. The van der Waals surface area contributed by atoms with E-state index >= 15 is 0 Å². The molecule has 0 bridgehead atoms. The summed E-state index contributed by atoms with van der Waals surface area (Å²) in [6, 6.07) is 20.8. The summed E-state index contributed by atoms with van der Waals surface area (Å²) in [6.07, 6.45) is 0.739. The molecule has 1 unspecified atom stereocenters. The summed E-state index contributed by atoms with van der Waals surface area (Å²) < 4.78 is 0. The van der Waals surface area contributed by atoms with E-state index in [2.05, 4.69) is 31.3 Å². The lowest BCUT2D eigenvalue weighted by atomic mass is 10.0. The first kappa shape index (κ1) is 25.4. The number of hydrogen-bond donors (Lipinski definition) is 2. The van der Waals surface area contributed by atoms with Crippen molar-refractivity contribution in [1.82, 2.24) is 5.32 Å². The van der Waals surface area contributed by atoms with E-state index in [4.69, 9.17) is 0 Å². The zero-order chi connectivity index (χ0) is 24.9. The minimum Gasteiger partial charge on any atom is -0.382 e. The van der Waals surface area contributed by atoms with Crippen LogP contribution in [0, 0.1) is 19.6 Å². The molecule has 3 rings (SSSR count). The molecule has 0 aliphatic rings. The van der Waals surface area contributed by atoms with E-state index in [0.29, 0.717) is 30.8 Å². The van der Waals surface area contributed by atoms with Gasteiger partial charge in [0.25, 0.3) is 0 Å². The van der Waals surface area contributed by atoms with Crippen molar-refractivity contribution in [3.05, 3.63) is 115 Å². The van der Waals surface area contributed by atoms with Gasteiger partial charge < -0.3 is 10.6 Å². The molecule has 2 N–H and O–H groups in total. The van der Waals surface area contributed by atoms with E-state index < -0.39 is 12.1 Å². The minimum absolute atomic E-state index is 0.127. The van der Waals surface area contributed by atoms with Gasteiger partial charge in [-0.3, -0.25) is 0 Å². The molecule has 0 radical (unpaired) electrons. The Balaban J connectivity index is 1.46. The quantitative estimate of drug-likeness (QED) is 0.207. The van der Waals surface area contributed by atoms with E-state index in [1.165, 1.54) is 6.07 Å². The van der Waals surface area contributed by atoms with E-state index in [1.807, 2.05) is 54.6 Å². The van der Waals surface area contributed by atoms with Gasteiger partial charge in [-0.15, -0.1) is 4.91 Å². The van der Waals surface area contributed by atoms with Crippen molar-refractivity contribution in [3.63, 3.8) is 0 Å². The summed E-state index contributed by atoms with van der Waals surface area (Å²) in [7, 11) is 0. The molecular formula is C25H26N6O4. The van der Waals surface area contributed by atoms with E-state index in [-0.39, 0.29) is 12.2 Å². The first-order valence-electron chi connectivity index (χ1n) is 11.2. The highest BCUT2D eigenvalue weighted by Gasteiger charge is 2.15. The topological polar surface area (TPSA) is 142 Å². The number of benzene rings is 3. The fraction of sp³-hybridized carbons (Fsp3) is 0.280. The van der Waals surface area contributed by atoms with Crippen molar-refractivity contribution in [1.29, 1.82) is 0 Å². The van der Waals surface area contributed by atoms with Crippen molar-refractivity contribution in [2.24, 2.45) is 20.7 Å². The second-order valence-corrected chi connectivity index (χ2v) is 7.95. The second kappa shape index (κ2) is 13.5. The van der Waals surface area contributed by atoms with Gasteiger partial charge >= 0.3 is 0 Å². The van der Waals surface area contributed by atoms with Crippen LogP contribution in [0.5, 0.6) is 0 Å². The van der Waals surface area contributed by atoms with Gasteiger partial charge in [0.05, 0.1) is 0 Å². The Morgan fingerprint density at radius 1 is 0.743 bits per heavy atom. The molecule has 35 heavy (non-hydrogen) atoms. The Hall–Kier alpha value is -4.18. The molecule has 10 nitrogen and oxygen atoms in total. The van der Waals surface area contributed by atoms with Crippen LogP contribution >= 0.6 is 0 Å². The van der Waals surface area contributed by atoms with Crippen LogP contribution in [0.25, 0.3) is 0 Å². The SMILES string of the molecule is O=NCc1cc(C(CNCCc2ccc(NC[C@H](N=O)c3ccccc3)cc2)N=O)ccc1N=O. The third-order valence-corrected chi connectivity index (χ3v) is 5.64. The largest absolute Gasteiger partial charge is 0.382 e. The first-order valence-corrected chi connectivity index (χ1v) is 11.2. The van der Waals surface area contributed by atoms with Gasteiger partial charge in [0.2, 0.25) is 0 Å². The van der Waals surface area contributed by atoms with Crippen molar-refractivity contribution in [2.75, 3.05) is 25.0 Å². The molecule has 0 fully saturated rings. The highest BCUT2D eigenvalue weighted by molar-refractivity contribution is 5.48. The molecule has 3 aromatic carbocycles. The average molecular weight is 475 g/mol. The summed E-state index contributed by atoms with van der Waals surface area (Å²) in [6.45, 7) is 1.14. The molecule has 0 spiro atoms. The maximum atomic E-state index is 11.4. The van der Waals surface area contributed by atoms with Crippen molar-refractivity contribution < 1.29 is 0 Å². The van der Waals surface area contributed by atoms with E-state index in [1.54, 1.807) is 12.1 Å². The fourth-order valence-electron chi connectivity index (χ4n) is 3.68. The van der Waals surface area contributed by atoms with Gasteiger partial charge in [-0.05, 0) is 59.1 Å². The number of nitrogens with one attached hydrogen (secondary N) is 2. The zero-order valence-corrected chi connectivity index (χ0v) is 19.0. The zero-order valence-electron chi connectivity index (χ0n) is 19.0. The van der Waals surface area contributed by atoms with Crippen molar-refractivity contribution >= 4 is 11.4 Å². The molecule has 3 aromatic rings.